The van der Waals surface area contributed by atoms with Crippen molar-refractivity contribution in [2.45, 2.75) is 0 Å². The summed E-state index contributed by atoms with van der Waals surface area (Å²) in [6, 6.07) is 9.02. The molecule has 0 bridgehead atoms. The number of aliphatic hydroxyl groups excluding tert-OH is 1. The Hall–Kier alpha value is -1.61. The van der Waals surface area contributed by atoms with Crippen molar-refractivity contribution in [3.05, 3.63) is 42.5 Å². The van der Waals surface area contributed by atoms with Gasteiger partial charge < -0.3 is 10.4 Å². The lowest BCUT2D eigenvalue weighted by Crippen LogP contribution is -2.15. The number of hydrogen-bond acceptors (Lipinski definition) is 2. The molecule has 0 aromatic heterocycles. The van der Waals surface area contributed by atoms with Gasteiger partial charge in [-0.2, -0.15) is 0 Å². The third kappa shape index (κ3) is 2.72. The van der Waals surface area contributed by atoms with Crippen molar-refractivity contribution in [3.8, 4) is 0 Å². The number of carbonyl (C=O) groups is 1. The average Bonchev–Trinajstić information content (AvgIpc) is 2.18. The first-order valence-corrected chi connectivity index (χ1v) is 3.89. The Balaban J connectivity index is 2.60. The molecule has 1 aromatic rings. The third-order valence-corrected chi connectivity index (χ3v) is 1.54. The van der Waals surface area contributed by atoms with Crippen LogP contribution in [-0.4, -0.2) is 17.6 Å². The number of rotatable bonds is 3. The van der Waals surface area contributed by atoms with Crippen molar-refractivity contribution in [2.24, 2.45) is 0 Å². The van der Waals surface area contributed by atoms with Gasteiger partial charge in [-0.05, 0) is 12.1 Å². The number of carbonyl (C=O) groups excluding carboxylic acids is 1. The molecule has 1 amide bonds. The summed E-state index contributed by atoms with van der Waals surface area (Å²) in [5, 5.41) is 11.2. The fourth-order valence-electron chi connectivity index (χ4n) is 0.813. The Morgan fingerprint density at radius 3 is 2.54 bits per heavy atom. The molecule has 1 aromatic carbocycles. The van der Waals surface area contributed by atoms with Gasteiger partial charge in [-0.1, -0.05) is 24.8 Å². The fourth-order valence-corrected chi connectivity index (χ4v) is 0.813. The van der Waals surface area contributed by atoms with E-state index in [-0.39, 0.29) is 18.1 Å². The van der Waals surface area contributed by atoms with E-state index in [1.807, 2.05) is 18.2 Å². The molecule has 0 unspecified atom stereocenters. The summed E-state index contributed by atoms with van der Waals surface area (Å²) in [7, 11) is 0. The maximum absolute atomic E-state index is 11.2. The second kappa shape index (κ2) is 4.42. The molecule has 1 rings (SSSR count). The summed E-state index contributed by atoms with van der Waals surface area (Å²) in [4.78, 5) is 11.2. The molecule has 0 aliphatic heterocycles. The van der Waals surface area contributed by atoms with Crippen molar-refractivity contribution in [1.82, 2.24) is 0 Å². The molecule has 0 heterocycles. The summed E-state index contributed by atoms with van der Waals surface area (Å²) in [5.41, 5.74) is 0.853. The lowest BCUT2D eigenvalue weighted by Gasteiger charge is -2.04. The normalized spacial score (nSPS) is 9.31. The predicted molar refractivity (Wildman–Crippen MR) is 51.3 cm³/mol. The number of para-hydroxylation sites is 1. The highest BCUT2D eigenvalue weighted by atomic mass is 16.3. The van der Waals surface area contributed by atoms with Crippen LogP contribution in [0.15, 0.2) is 42.5 Å². The van der Waals surface area contributed by atoms with E-state index in [0.717, 1.165) is 0 Å². The lowest BCUT2D eigenvalue weighted by atomic mass is 10.2. The van der Waals surface area contributed by atoms with Crippen LogP contribution < -0.4 is 5.32 Å². The van der Waals surface area contributed by atoms with Crippen LogP contribution in [0, 0.1) is 0 Å². The van der Waals surface area contributed by atoms with Gasteiger partial charge in [0, 0.05) is 11.3 Å². The number of aliphatic hydroxyl groups is 1. The van der Waals surface area contributed by atoms with Gasteiger partial charge in [0.1, 0.15) is 0 Å². The Kier molecular flexibility index (Phi) is 3.23. The largest absolute Gasteiger partial charge is 0.391 e. The van der Waals surface area contributed by atoms with Crippen LogP contribution in [-0.2, 0) is 4.79 Å². The zero-order chi connectivity index (χ0) is 9.68. The van der Waals surface area contributed by atoms with E-state index in [0.29, 0.717) is 5.69 Å². The molecule has 0 radical (unpaired) electrons. The zero-order valence-electron chi connectivity index (χ0n) is 7.16. The molecule has 0 fully saturated rings. The van der Waals surface area contributed by atoms with Crippen LogP contribution in [0.2, 0.25) is 0 Å². The Morgan fingerprint density at radius 1 is 1.38 bits per heavy atom. The van der Waals surface area contributed by atoms with Crippen molar-refractivity contribution in [1.29, 1.82) is 0 Å². The van der Waals surface area contributed by atoms with Crippen molar-refractivity contribution in [2.75, 3.05) is 11.9 Å². The topological polar surface area (TPSA) is 49.3 Å². The highest BCUT2D eigenvalue weighted by Gasteiger charge is 2.04. The summed E-state index contributed by atoms with van der Waals surface area (Å²) in [6.45, 7) is 3.09. The van der Waals surface area contributed by atoms with Gasteiger partial charge >= 0.3 is 0 Å². The van der Waals surface area contributed by atoms with Crippen molar-refractivity contribution < 1.29 is 9.90 Å². The second-order valence-electron chi connectivity index (χ2n) is 2.58. The molecule has 0 aliphatic rings. The molecule has 68 valence electrons. The molecule has 13 heavy (non-hydrogen) atoms. The molecule has 3 heteroatoms. The first-order valence-electron chi connectivity index (χ1n) is 3.89. The summed E-state index contributed by atoms with van der Waals surface area (Å²) >= 11 is 0. The number of hydrogen-bond donors (Lipinski definition) is 2. The van der Waals surface area contributed by atoms with Gasteiger partial charge in [-0.25, -0.2) is 0 Å². The van der Waals surface area contributed by atoms with E-state index in [1.54, 1.807) is 12.1 Å². The maximum atomic E-state index is 11.2. The van der Waals surface area contributed by atoms with E-state index in [2.05, 4.69) is 11.9 Å². The summed E-state index contributed by atoms with van der Waals surface area (Å²) in [5.74, 6) is -0.353. The van der Waals surface area contributed by atoms with Gasteiger partial charge in [0.25, 0.3) is 5.91 Å². The van der Waals surface area contributed by atoms with Crippen LogP contribution >= 0.6 is 0 Å². The molecule has 0 atom stereocenters. The zero-order valence-corrected chi connectivity index (χ0v) is 7.16. The van der Waals surface area contributed by atoms with Crippen LogP contribution in [0.25, 0.3) is 0 Å². The quantitative estimate of drug-likeness (QED) is 0.681. The summed E-state index contributed by atoms with van der Waals surface area (Å²) in [6.07, 6.45) is 0. The minimum Gasteiger partial charge on any atom is -0.391 e. The number of amides is 1. The third-order valence-electron chi connectivity index (χ3n) is 1.54. The first kappa shape index (κ1) is 9.48. The van der Waals surface area contributed by atoms with Gasteiger partial charge in [0.2, 0.25) is 0 Å². The molecule has 0 saturated carbocycles. The number of benzene rings is 1. The maximum Gasteiger partial charge on any atom is 0.253 e. The molecular formula is C10H11NO2. The smallest absolute Gasteiger partial charge is 0.253 e. The molecule has 0 saturated heterocycles. The highest BCUT2D eigenvalue weighted by Crippen LogP contribution is 2.06. The van der Waals surface area contributed by atoms with E-state index in [9.17, 15) is 4.79 Å². The Labute approximate surface area is 76.7 Å². The molecule has 3 nitrogen and oxygen atoms in total. The Morgan fingerprint density at radius 2 is 2.00 bits per heavy atom. The highest BCUT2D eigenvalue weighted by molar-refractivity contribution is 6.03. The first-order chi connectivity index (χ1) is 6.24. The second-order valence-corrected chi connectivity index (χ2v) is 2.58. The average molecular weight is 177 g/mol. The number of nitrogens with one attached hydrogen (secondary N) is 1. The van der Waals surface area contributed by atoms with Crippen LogP contribution in [0.4, 0.5) is 5.69 Å². The van der Waals surface area contributed by atoms with Gasteiger partial charge in [0.05, 0.1) is 6.61 Å². The van der Waals surface area contributed by atoms with E-state index in [1.165, 1.54) is 0 Å². The Bertz CT molecular complexity index is 306. The van der Waals surface area contributed by atoms with Gasteiger partial charge in [-0.3, -0.25) is 4.79 Å². The minimum absolute atomic E-state index is 0.156. The minimum atomic E-state index is -0.353. The van der Waals surface area contributed by atoms with Gasteiger partial charge in [-0.15, -0.1) is 0 Å². The lowest BCUT2D eigenvalue weighted by molar-refractivity contribution is -0.113. The van der Waals surface area contributed by atoms with E-state index < -0.39 is 0 Å². The fraction of sp³-hybridized carbons (Fsp3) is 0.100. The van der Waals surface area contributed by atoms with Crippen molar-refractivity contribution in [3.63, 3.8) is 0 Å². The van der Waals surface area contributed by atoms with Crippen LogP contribution in [0.1, 0.15) is 0 Å². The summed E-state index contributed by atoms with van der Waals surface area (Å²) < 4.78 is 0. The predicted octanol–water partition coefficient (Wildman–Crippen LogP) is 1.17. The molecule has 2 N–H and O–H groups in total. The SMILES string of the molecule is C=C(CO)C(=O)Nc1ccccc1. The molecular weight excluding hydrogens is 166 g/mol. The van der Waals surface area contributed by atoms with E-state index in [4.69, 9.17) is 5.11 Å². The van der Waals surface area contributed by atoms with Crippen molar-refractivity contribution >= 4 is 11.6 Å². The number of anilines is 1. The molecule has 0 aliphatic carbocycles. The van der Waals surface area contributed by atoms with Crippen LogP contribution in [0.3, 0.4) is 0 Å². The molecule has 0 spiro atoms. The van der Waals surface area contributed by atoms with E-state index >= 15 is 0 Å². The monoisotopic (exact) mass is 177 g/mol. The standard InChI is InChI=1S/C10H11NO2/c1-8(7-12)10(13)11-9-5-3-2-4-6-9/h2-6,12H,1,7H2,(H,11,13). The van der Waals surface area contributed by atoms with Crippen LogP contribution in [0.5, 0.6) is 0 Å². The van der Waals surface area contributed by atoms with Gasteiger partial charge in [0.15, 0.2) is 0 Å².